The van der Waals surface area contributed by atoms with Crippen molar-refractivity contribution in [2.75, 3.05) is 6.54 Å². The Morgan fingerprint density at radius 1 is 1.47 bits per heavy atom. The molecule has 2 N–H and O–H groups in total. The first-order chi connectivity index (χ1) is 7.11. The summed E-state index contributed by atoms with van der Waals surface area (Å²) >= 11 is 0. The van der Waals surface area contributed by atoms with Gasteiger partial charge in [-0.1, -0.05) is 0 Å². The predicted octanol–water partition coefficient (Wildman–Crippen LogP) is 0.822. The summed E-state index contributed by atoms with van der Waals surface area (Å²) in [6, 6.07) is 0.0126. The van der Waals surface area contributed by atoms with E-state index in [0.29, 0.717) is 0 Å². The van der Waals surface area contributed by atoms with Crippen LogP contribution in [0.1, 0.15) is 35.8 Å². The molecule has 0 aromatic carbocycles. The molecule has 4 heteroatoms. The highest BCUT2D eigenvalue weighted by molar-refractivity contribution is 5.27. The second kappa shape index (κ2) is 3.94. The van der Waals surface area contributed by atoms with Crippen LogP contribution in [0.4, 0.5) is 0 Å². The Balaban J connectivity index is 2.31. The van der Waals surface area contributed by atoms with Crippen LogP contribution in [-0.2, 0) is 7.05 Å². The fraction of sp³-hybridized carbons (Fsp3) is 0.727. The summed E-state index contributed by atoms with van der Waals surface area (Å²) in [7, 11) is 1.95. The molecule has 0 radical (unpaired) electrons. The predicted molar refractivity (Wildman–Crippen MR) is 58.7 cm³/mol. The van der Waals surface area contributed by atoms with Crippen molar-refractivity contribution in [3.05, 3.63) is 17.0 Å². The van der Waals surface area contributed by atoms with Gasteiger partial charge in [-0.05, 0) is 38.8 Å². The molecule has 0 aliphatic carbocycles. The molecule has 84 valence electrons. The number of aryl methyl sites for hydroxylation is 1. The zero-order valence-corrected chi connectivity index (χ0v) is 9.62. The molecule has 1 fully saturated rings. The van der Waals surface area contributed by atoms with E-state index >= 15 is 0 Å². The SMILES string of the molecule is Cc1c(C2NCCCC2O)nn(C)c1C. The van der Waals surface area contributed by atoms with Gasteiger partial charge in [0, 0.05) is 12.7 Å². The van der Waals surface area contributed by atoms with Gasteiger partial charge >= 0.3 is 0 Å². The van der Waals surface area contributed by atoms with Gasteiger partial charge in [-0.15, -0.1) is 0 Å². The number of hydrogen-bond acceptors (Lipinski definition) is 3. The van der Waals surface area contributed by atoms with E-state index < -0.39 is 0 Å². The number of nitrogens with zero attached hydrogens (tertiary/aromatic N) is 2. The van der Waals surface area contributed by atoms with Gasteiger partial charge in [0.2, 0.25) is 0 Å². The smallest absolute Gasteiger partial charge is 0.0852 e. The summed E-state index contributed by atoms with van der Waals surface area (Å²) in [5, 5.41) is 17.8. The molecule has 2 rings (SSSR count). The van der Waals surface area contributed by atoms with Gasteiger partial charge in [0.05, 0.1) is 17.8 Å². The van der Waals surface area contributed by atoms with E-state index in [9.17, 15) is 5.11 Å². The quantitative estimate of drug-likeness (QED) is 0.720. The normalized spacial score (nSPS) is 26.9. The minimum Gasteiger partial charge on any atom is -0.391 e. The lowest BCUT2D eigenvalue weighted by Gasteiger charge is -2.28. The molecule has 4 nitrogen and oxygen atoms in total. The largest absolute Gasteiger partial charge is 0.391 e. The monoisotopic (exact) mass is 209 g/mol. The Morgan fingerprint density at radius 3 is 2.73 bits per heavy atom. The van der Waals surface area contributed by atoms with Gasteiger partial charge in [-0.3, -0.25) is 4.68 Å². The number of aromatic nitrogens is 2. The third-order valence-corrected chi connectivity index (χ3v) is 3.39. The Morgan fingerprint density at radius 2 is 2.20 bits per heavy atom. The zero-order chi connectivity index (χ0) is 11.0. The van der Waals surface area contributed by atoms with Crippen LogP contribution < -0.4 is 5.32 Å². The molecular weight excluding hydrogens is 190 g/mol. The molecule has 1 saturated heterocycles. The van der Waals surface area contributed by atoms with Crippen molar-refractivity contribution in [2.45, 2.75) is 38.8 Å². The summed E-state index contributed by atoms with van der Waals surface area (Å²) in [5.74, 6) is 0. The van der Waals surface area contributed by atoms with Crippen LogP contribution in [0, 0.1) is 13.8 Å². The lowest BCUT2D eigenvalue weighted by Crippen LogP contribution is -2.38. The van der Waals surface area contributed by atoms with Crippen LogP contribution in [-0.4, -0.2) is 27.5 Å². The molecular formula is C11H19N3O. The summed E-state index contributed by atoms with van der Waals surface area (Å²) in [4.78, 5) is 0. The number of aliphatic hydroxyl groups excluding tert-OH is 1. The highest BCUT2D eigenvalue weighted by Gasteiger charge is 2.28. The maximum absolute atomic E-state index is 9.94. The Hall–Kier alpha value is -0.870. The van der Waals surface area contributed by atoms with E-state index in [1.54, 1.807) is 0 Å². The van der Waals surface area contributed by atoms with Gasteiger partial charge < -0.3 is 10.4 Å². The van der Waals surface area contributed by atoms with E-state index in [4.69, 9.17) is 0 Å². The van der Waals surface area contributed by atoms with Crippen molar-refractivity contribution in [2.24, 2.45) is 7.05 Å². The van der Waals surface area contributed by atoms with Crippen molar-refractivity contribution in [3.63, 3.8) is 0 Å². The van der Waals surface area contributed by atoms with Crippen LogP contribution in [0.2, 0.25) is 0 Å². The van der Waals surface area contributed by atoms with Gasteiger partial charge in [-0.2, -0.15) is 5.10 Å². The van der Waals surface area contributed by atoms with Gasteiger partial charge in [0.1, 0.15) is 0 Å². The first kappa shape index (κ1) is 10.6. The maximum atomic E-state index is 9.94. The van der Waals surface area contributed by atoms with Crippen molar-refractivity contribution in [1.29, 1.82) is 0 Å². The zero-order valence-electron chi connectivity index (χ0n) is 9.62. The molecule has 0 bridgehead atoms. The van der Waals surface area contributed by atoms with Gasteiger partial charge in [0.15, 0.2) is 0 Å². The Bertz CT molecular complexity index is 359. The van der Waals surface area contributed by atoms with E-state index in [0.717, 1.165) is 25.1 Å². The molecule has 2 atom stereocenters. The summed E-state index contributed by atoms with van der Waals surface area (Å²) in [6.45, 7) is 5.10. The number of hydrogen-bond donors (Lipinski definition) is 2. The molecule has 1 aromatic heterocycles. The van der Waals surface area contributed by atoms with Crippen molar-refractivity contribution in [1.82, 2.24) is 15.1 Å². The first-order valence-electron chi connectivity index (χ1n) is 5.53. The molecule has 1 aliphatic rings. The fourth-order valence-electron chi connectivity index (χ4n) is 2.19. The first-order valence-corrected chi connectivity index (χ1v) is 5.53. The molecule has 0 spiro atoms. The van der Waals surface area contributed by atoms with Crippen LogP contribution in [0.15, 0.2) is 0 Å². The number of rotatable bonds is 1. The lowest BCUT2D eigenvalue weighted by molar-refractivity contribution is 0.0942. The Kier molecular flexibility index (Phi) is 2.80. The lowest BCUT2D eigenvalue weighted by atomic mass is 9.96. The maximum Gasteiger partial charge on any atom is 0.0852 e. The molecule has 0 saturated carbocycles. The average molecular weight is 209 g/mol. The topological polar surface area (TPSA) is 50.1 Å². The van der Waals surface area contributed by atoms with Gasteiger partial charge in [-0.25, -0.2) is 0 Å². The van der Waals surface area contributed by atoms with Crippen LogP contribution >= 0.6 is 0 Å². The van der Waals surface area contributed by atoms with E-state index in [-0.39, 0.29) is 12.1 Å². The average Bonchev–Trinajstić information content (AvgIpc) is 2.47. The summed E-state index contributed by atoms with van der Waals surface area (Å²) in [5.41, 5.74) is 3.36. The molecule has 1 aromatic rings. The minimum absolute atomic E-state index is 0.0126. The fourth-order valence-corrected chi connectivity index (χ4v) is 2.19. The minimum atomic E-state index is -0.299. The van der Waals surface area contributed by atoms with E-state index in [2.05, 4.69) is 24.3 Å². The van der Waals surface area contributed by atoms with Crippen molar-refractivity contribution >= 4 is 0 Å². The third kappa shape index (κ3) is 1.79. The van der Waals surface area contributed by atoms with Crippen LogP contribution in [0.5, 0.6) is 0 Å². The van der Waals surface area contributed by atoms with Crippen LogP contribution in [0.3, 0.4) is 0 Å². The number of nitrogens with one attached hydrogen (secondary N) is 1. The highest BCUT2D eigenvalue weighted by Crippen LogP contribution is 2.26. The molecule has 15 heavy (non-hydrogen) atoms. The standard InChI is InChI=1S/C11H19N3O/c1-7-8(2)14(3)13-10(7)11-9(15)5-4-6-12-11/h9,11-12,15H,4-6H2,1-3H3. The Labute approximate surface area is 90.3 Å². The molecule has 2 heterocycles. The highest BCUT2D eigenvalue weighted by atomic mass is 16.3. The van der Waals surface area contributed by atoms with Crippen molar-refractivity contribution in [3.8, 4) is 0 Å². The third-order valence-electron chi connectivity index (χ3n) is 3.39. The molecule has 1 aliphatic heterocycles. The molecule has 0 amide bonds. The summed E-state index contributed by atoms with van der Waals surface area (Å²) in [6.07, 6.45) is 1.61. The number of aliphatic hydroxyl groups is 1. The van der Waals surface area contributed by atoms with Gasteiger partial charge in [0.25, 0.3) is 0 Å². The van der Waals surface area contributed by atoms with Crippen molar-refractivity contribution < 1.29 is 5.11 Å². The second-order valence-electron chi connectivity index (χ2n) is 4.36. The van der Waals surface area contributed by atoms with Crippen LogP contribution in [0.25, 0.3) is 0 Å². The number of piperidine rings is 1. The van der Waals surface area contributed by atoms with E-state index in [1.807, 2.05) is 11.7 Å². The second-order valence-corrected chi connectivity index (χ2v) is 4.36. The van der Waals surface area contributed by atoms with E-state index in [1.165, 1.54) is 11.3 Å². The molecule has 2 unspecified atom stereocenters. The summed E-state index contributed by atoms with van der Waals surface area (Å²) < 4.78 is 1.88.